The predicted molar refractivity (Wildman–Crippen MR) is 38.2 cm³/mol. The van der Waals surface area contributed by atoms with Crippen molar-refractivity contribution in [2.75, 3.05) is 0 Å². The van der Waals surface area contributed by atoms with Gasteiger partial charge in [-0.3, -0.25) is 0 Å². The van der Waals surface area contributed by atoms with Crippen molar-refractivity contribution < 1.29 is 25.5 Å². The van der Waals surface area contributed by atoms with Crippen LogP contribution in [0.3, 0.4) is 0 Å². The van der Waals surface area contributed by atoms with Crippen LogP contribution in [0.1, 0.15) is 26.7 Å². The Balaban J connectivity index is 0. The molecule has 0 spiro atoms. The van der Waals surface area contributed by atoms with Gasteiger partial charge in [-0.1, -0.05) is 13.8 Å². The summed E-state index contributed by atoms with van der Waals surface area (Å²) in [5.41, 5.74) is 0. The maximum Gasteiger partial charge on any atom is 0.274 e. The molecule has 5 N–H and O–H groups in total. The number of aliphatic hydroxyl groups is 5. The Kier molecular flexibility index (Phi) is 7.92. The van der Waals surface area contributed by atoms with E-state index in [1.54, 1.807) is 6.92 Å². The Labute approximate surface area is 65.5 Å². The monoisotopic (exact) mass is 168 g/mol. The van der Waals surface area contributed by atoms with Crippen molar-refractivity contribution in [3.05, 3.63) is 0 Å². The Morgan fingerprint density at radius 3 is 1.27 bits per heavy atom. The molecule has 5 nitrogen and oxygen atoms in total. The molecule has 0 fully saturated rings. The van der Waals surface area contributed by atoms with E-state index in [0.29, 0.717) is 6.42 Å². The average Bonchev–Trinajstić information content (AvgIpc) is 1.88. The maximum atomic E-state index is 7.94. The molecule has 0 amide bonds. The normalized spacial score (nSPS) is 10.9. The van der Waals surface area contributed by atoms with E-state index in [0.717, 1.165) is 0 Å². The highest BCUT2D eigenvalue weighted by Gasteiger charge is 2.11. The number of rotatable bonds is 2. The van der Waals surface area contributed by atoms with Crippen LogP contribution >= 0.6 is 0 Å². The Bertz CT molecular complexity index is 75.5. The van der Waals surface area contributed by atoms with Crippen LogP contribution in [0.15, 0.2) is 0 Å². The van der Waals surface area contributed by atoms with Crippen LogP contribution in [0.4, 0.5) is 0 Å². The van der Waals surface area contributed by atoms with Gasteiger partial charge in [0.2, 0.25) is 0 Å². The third-order valence-electron chi connectivity index (χ3n) is 0.839. The summed E-state index contributed by atoms with van der Waals surface area (Å²) in [6, 6.07) is 0. The molecule has 0 aromatic rings. The van der Waals surface area contributed by atoms with Gasteiger partial charge >= 0.3 is 0 Å². The molecule has 0 aliphatic heterocycles. The van der Waals surface area contributed by atoms with Crippen molar-refractivity contribution in [1.29, 1.82) is 0 Å². The number of hydrogen-bond donors (Lipinski definition) is 5. The van der Waals surface area contributed by atoms with Crippen LogP contribution in [0.2, 0.25) is 0 Å². The summed E-state index contributed by atoms with van der Waals surface area (Å²) < 4.78 is 0. The largest absolute Gasteiger partial charge is 0.368 e. The molecular formula is C6H16O5. The molecule has 0 radical (unpaired) electrons. The molecule has 0 aromatic carbocycles. The van der Waals surface area contributed by atoms with Crippen LogP contribution in [0.5, 0.6) is 0 Å². The Morgan fingerprint density at radius 1 is 1.09 bits per heavy atom. The second kappa shape index (κ2) is 6.51. The van der Waals surface area contributed by atoms with Gasteiger partial charge < -0.3 is 25.5 Å². The van der Waals surface area contributed by atoms with Gasteiger partial charge in [-0.2, -0.15) is 0 Å². The molecule has 0 saturated carbocycles. The van der Waals surface area contributed by atoms with Gasteiger partial charge in [0.05, 0.1) is 0 Å². The van der Waals surface area contributed by atoms with E-state index in [-0.39, 0.29) is 6.42 Å². The lowest BCUT2D eigenvalue weighted by molar-refractivity contribution is -0.312. The highest BCUT2D eigenvalue weighted by molar-refractivity contribution is 4.35. The zero-order valence-corrected chi connectivity index (χ0v) is 6.73. The standard InChI is InChI=1S/C3H8O3.C3H8O2/c1-2-3(4,5)6;1-2-3(4)5/h4-6H,2H2,1H3;3-5H,2H2,1H3. The number of hydrogen-bond acceptors (Lipinski definition) is 5. The fourth-order valence-corrected chi connectivity index (χ4v) is 0. The third kappa shape index (κ3) is 25.9. The quantitative estimate of drug-likeness (QED) is 0.331. The van der Waals surface area contributed by atoms with Gasteiger partial charge in [-0.15, -0.1) is 0 Å². The van der Waals surface area contributed by atoms with Crippen LogP contribution in [-0.2, 0) is 0 Å². The minimum Gasteiger partial charge on any atom is -0.368 e. The van der Waals surface area contributed by atoms with E-state index in [4.69, 9.17) is 25.5 Å². The highest BCUT2D eigenvalue weighted by atomic mass is 16.7. The van der Waals surface area contributed by atoms with Crippen molar-refractivity contribution in [3.8, 4) is 0 Å². The van der Waals surface area contributed by atoms with Crippen LogP contribution in [0, 0.1) is 0 Å². The molecule has 0 atom stereocenters. The highest BCUT2D eigenvalue weighted by Crippen LogP contribution is 1.95. The minimum absolute atomic E-state index is 0.0625. The van der Waals surface area contributed by atoms with E-state index < -0.39 is 12.3 Å². The third-order valence-corrected chi connectivity index (χ3v) is 0.839. The molecule has 0 aromatic heterocycles. The lowest BCUT2D eigenvalue weighted by atomic mass is 10.4. The molecule has 11 heavy (non-hydrogen) atoms. The molecule has 0 aliphatic carbocycles. The average molecular weight is 168 g/mol. The smallest absolute Gasteiger partial charge is 0.274 e. The van der Waals surface area contributed by atoms with Gasteiger partial charge in [0.1, 0.15) is 0 Å². The van der Waals surface area contributed by atoms with Gasteiger partial charge in [-0.05, 0) is 6.42 Å². The molecule has 0 bridgehead atoms. The van der Waals surface area contributed by atoms with Crippen molar-refractivity contribution in [1.82, 2.24) is 0 Å². The van der Waals surface area contributed by atoms with Crippen molar-refractivity contribution >= 4 is 0 Å². The van der Waals surface area contributed by atoms with Crippen LogP contribution in [0.25, 0.3) is 0 Å². The van der Waals surface area contributed by atoms with Gasteiger partial charge in [0.25, 0.3) is 5.97 Å². The summed E-state index contributed by atoms with van der Waals surface area (Å²) in [6.07, 6.45) is -0.762. The maximum absolute atomic E-state index is 7.94. The summed E-state index contributed by atoms with van der Waals surface area (Å²) >= 11 is 0. The molecule has 0 unspecified atom stereocenters. The molecular weight excluding hydrogens is 152 g/mol. The Morgan fingerprint density at radius 2 is 1.27 bits per heavy atom. The Hall–Kier alpha value is -0.200. The summed E-state index contributed by atoms with van der Waals surface area (Å²) in [5.74, 6) is -2.46. The summed E-state index contributed by atoms with van der Waals surface area (Å²) in [6.45, 7) is 3.16. The van der Waals surface area contributed by atoms with E-state index in [9.17, 15) is 0 Å². The van der Waals surface area contributed by atoms with Crippen molar-refractivity contribution in [2.45, 2.75) is 39.0 Å². The van der Waals surface area contributed by atoms with Crippen LogP contribution < -0.4 is 0 Å². The van der Waals surface area contributed by atoms with E-state index >= 15 is 0 Å². The second-order valence-electron chi connectivity index (χ2n) is 2.02. The first-order valence-corrected chi connectivity index (χ1v) is 3.36. The first-order valence-electron chi connectivity index (χ1n) is 3.36. The first-order chi connectivity index (χ1) is 4.83. The topological polar surface area (TPSA) is 101 Å². The SMILES string of the molecule is CCC(O)(O)O.CCC(O)O. The number of aliphatic hydroxyl groups excluding tert-OH is 1. The molecule has 0 aliphatic rings. The summed E-state index contributed by atoms with van der Waals surface area (Å²) in [4.78, 5) is 0. The molecule has 0 rings (SSSR count). The summed E-state index contributed by atoms with van der Waals surface area (Å²) in [5, 5.41) is 39.6. The molecule has 0 saturated heterocycles. The zero-order chi connectivity index (χ0) is 9.49. The second-order valence-corrected chi connectivity index (χ2v) is 2.02. The zero-order valence-electron chi connectivity index (χ0n) is 6.73. The van der Waals surface area contributed by atoms with Gasteiger partial charge in [0.15, 0.2) is 6.29 Å². The molecule has 5 heteroatoms. The molecule has 70 valence electrons. The van der Waals surface area contributed by atoms with Crippen molar-refractivity contribution in [2.24, 2.45) is 0 Å². The fraction of sp³-hybridized carbons (Fsp3) is 1.00. The fourth-order valence-electron chi connectivity index (χ4n) is 0. The van der Waals surface area contributed by atoms with Gasteiger partial charge in [-0.25, -0.2) is 0 Å². The van der Waals surface area contributed by atoms with Gasteiger partial charge in [0, 0.05) is 6.42 Å². The van der Waals surface area contributed by atoms with Crippen LogP contribution in [-0.4, -0.2) is 37.8 Å². The lowest BCUT2D eigenvalue weighted by Gasteiger charge is -2.08. The van der Waals surface area contributed by atoms with E-state index in [1.165, 1.54) is 6.92 Å². The van der Waals surface area contributed by atoms with Crippen molar-refractivity contribution in [3.63, 3.8) is 0 Å². The molecule has 0 heterocycles. The van der Waals surface area contributed by atoms with E-state index in [2.05, 4.69) is 0 Å². The first kappa shape index (κ1) is 13.4. The van der Waals surface area contributed by atoms with E-state index in [1.807, 2.05) is 0 Å². The predicted octanol–water partition coefficient (Wildman–Crippen LogP) is -1.27. The lowest BCUT2D eigenvalue weighted by Crippen LogP contribution is -2.24. The minimum atomic E-state index is -2.46. The summed E-state index contributed by atoms with van der Waals surface area (Å²) in [7, 11) is 0.